The molecule has 0 saturated heterocycles. The minimum Gasteiger partial charge on any atom is -0.493 e. The van der Waals surface area contributed by atoms with Crippen molar-refractivity contribution in [1.82, 2.24) is 10.4 Å². The number of amides is 1. The van der Waals surface area contributed by atoms with E-state index in [1.165, 1.54) is 0 Å². The maximum absolute atomic E-state index is 12.0. The summed E-state index contributed by atoms with van der Waals surface area (Å²) in [4.78, 5) is 14.9. The minimum atomic E-state index is -0.310. The molecule has 0 aliphatic carbocycles. The summed E-state index contributed by atoms with van der Waals surface area (Å²) in [5.74, 6) is 0.423. The van der Waals surface area contributed by atoms with Gasteiger partial charge in [0.1, 0.15) is 11.4 Å². The standard InChI is InChI=1S/C18H16BrN3O2/c1-2-24-17-8-7-12-5-3-4-6-14(12)15(17)11-21-22-18(23)16-9-13(19)10-20-16/h3-11,20H,2H2,1H3,(H,22,23)/b21-11-. The summed E-state index contributed by atoms with van der Waals surface area (Å²) in [5, 5.41) is 6.18. The number of aromatic nitrogens is 1. The van der Waals surface area contributed by atoms with Gasteiger partial charge in [-0.3, -0.25) is 4.79 Å². The van der Waals surface area contributed by atoms with Crippen LogP contribution in [0.5, 0.6) is 5.75 Å². The van der Waals surface area contributed by atoms with Crippen molar-refractivity contribution in [3.63, 3.8) is 0 Å². The highest BCUT2D eigenvalue weighted by Gasteiger charge is 2.08. The van der Waals surface area contributed by atoms with Crippen molar-refractivity contribution in [3.8, 4) is 5.75 Å². The highest BCUT2D eigenvalue weighted by Crippen LogP contribution is 2.26. The van der Waals surface area contributed by atoms with Crippen molar-refractivity contribution < 1.29 is 9.53 Å². The van der Waals surface area contributed by atoms with Crippen molar-refractivity contribution >= 4 is 38.8 Å². The third kappa shape index (κ3) is 3.49. The Balaban J connectivity index is 1.87. The number of carbonyl (C=O) groups is 1. The first-order chi connectivity index (χ1) is 11.7. The first kappa shape index (κ1) is 16.3. The Kier molecular flexibility index (Phi) is 4.96. The Bertz CT molecular complexity index is 902. The van der Waals surface area contributed by atoms with Crippen LogP contribution in [0.25, 0.3) is 10.8 Å². The molecule has 0 saturated carbocycles. The van der Waals surface area contributed by atoms with Crippen LogP contribution in [-0.4, -0.2) is 23.7 Å². The number of fused-ring (bicyclic) bond motifs is 1. The smallest absolute Gasteiger partial charge is 0.287 e. The average molecular weight is 386 g/mol. The number of H-pyrrole nitrogens is 1. The lowest BCUT2D eigenvalue weighted by molar-refractivity contribution is 0.0950. The number of nitrogens with zero attached hydrogens (tertiary/aromatic N) is 1. The SMILES string of the molecule is CCOc1ccc2ccccc2c1/C=N\NC(=O)c1cc(Br)c[nH]1. The number of hydrogen-bond acceptors (Lipinski definition) is 3. The summed E-state index contributed by atoms with van der Waals surface area (Å²) >= 11 is 3.29. The monoisotopic (exact) mass is 385 g/mol. The van der Waals surface area contributed by atoms with E-state index < -0.39 is 0 Å². The van der Waals surface area contributed by atoms with Crippen LogP contribution in [0.4, 0.5) is 0 Å². The Labute approximate surface area is 147 Å². The average Bonchev–Trinajstić information content (AvgIpc) is 3.03. The Morgan fingerprint density at radius 1 is 1.33 bits per heavy atom. The van der Waals surface area contributed by atoms with E-state index in [9.17, 15) is 4.79 Å². The summed E-state index contributed by atoms with van der Waals surface area (Å²) < 4.78 is 6.48. The van der Waals surface area contributed by atoms with E-state index in [4.69, 9.17) is 4.74 Å². The second kappa shape index (κ2) is 7.31. The van der Waals surface area contributed by atoms with Crippen LogP contribution in [0, 0.1) is 0 Å². The van der Waals surface area contributed by atoms with Crippen LogP contribution in [0.1, 0.15) is 23.0 Å². The van der Waals surface area contributed by atoms with Gasteiger partial charge in [0.2, 0.25) is 0 Å². The molecule has 0 spiro atoms. The van der Waals surface area contributed by atoms with E-state index in [1.807, 2.05) is 43.3 Å². The van der Waals surface area contributed by atoms with Gasteiger partial charge in [0.05, 0.1) is 12.8 Å². The molecule has 5 nitrogen and oxygen atoms in total. The Morgan fingerprint density at radius 2 is 2.17 bits per heavy atom. The van der Waals surface area contributed by atoms with Crippen LogP contribution in [0.15, 0.2) is 58.2 Å². The van der Waals surface area contributed by atoms with E-state index in [0.29, 0.717) is 12.3 Å². The van der Waals surface area contributed by atoms with Crippen LogP contribution in [-0.2, 0) is 0 Å². The van der Waals surface area contributed by atoms with Gasteiger partial charge in [-0.05, 0) is 45.8 Å². The van der Waals surface area contributed by atoms with E-state index >= 15 is 0 Å². The molecule has 1 amide bonds. The molecule has 3 aromatic rings. The first-order valence-electron chi connectivity index (χ1n) is 7.51. The molecular weight excluding hydrogens is 370 g/mol. The summed E-state index contributed by atoms with van der Waals surface area (Å²) in [5.41, 5.74) is 3.79. The van der Waals surface area contributed by atoms with Gasteiger partial charge in [0.25, 0.3) is 5.91 Å². The molecule has 1 heterocycles. The molecule has 0 aliphatic rings. The third-order valence-corrected chi connectivity index (χ3v) is 3.94. The second-order valence-electron chi connectivity index (χ2n) is 5.06. The molecular formula is C18H16BrN3O2. The number of nitrogens with one attached hydrogen (secondary N) is 2. The van der Waals surface area contributed by atoms with Crippen LogP contribution in [0.2, 0.25) is 0 Å². The van der Waals surface area contributed by atoms with Crippen LogP contribution < -0.4 is 10.2 Å². The number of carbonyl (C=O) groups excluding carboxylic acids is 1. The van der Waals surface area contributed by atoms with Crippen LogP contribution in [0.3, 0.4) is 0 Å². The van der Waals surface area contributed by atoms with Gasteiger partial charge >= 0.3 is 0 Å². The molecule has 1 aromatic heterocycles. The molecule has 0 unspecified atom stereocenters. The molecule has 0 fully saturated rings. The van der Waals surface area contributed by atoms with Crippen LogP contribution >= 0.6 is 15.9 Å². The number of hydrogen-bond donors (Lipinski definition) is 2. The fourth-order valence-corrected chi connectivity index (χ4v) is 2.75. The fraction of sp³-hybridized carbons (Fsp3) is 0.111. The van der Waals surface area contributed by atoms with E-state index in [-0.39, 0.29) is 5.91 Å². The largest absolute Gasteiger partial charge is 0.493 e. The lowest BCUT2D eigenvalue weighted by Gasteiger charge is -2.10. The molecule has 0 atom stereocenters. The Hall–Kier alpha value is -2.60. The van der Waals surface area contributed by atoms with Gasteiger partial charge in [-0.1, -0.05) is 30.3 Å². The lowest BCUT2D eigenvalue weighted by Crippen LogP contribution is -2.18. The topological polar surface area (TPSA) is 66.5 Å². The van der Waals surface area contributed by atoms with Crippen molar-refractivity contribution in [2.24, 2.45) is 5.10 Å². The number of benzene rings is 2. The van der Waals surface area contributed by atoms with Crippen molar-refractivity contribution in [1.29, 1.82) is 0 Å². The number of rotatable bonds is 5. The minimum absolute atomic E-state index is 0.310. The maximum Gasteiger partial charge on any atom is 0.287 e. The zero-order chi connectivity index (χ0) is 16.9. The lowest BCUT2D eigenvalue weighted by atomic mass is 10.0. The second-order valence-corrected chi connectivity index (χ2v) is 5.98. The normalized spacial score (nSPS) is 11.1. The zero-order valence-electron chi connectivity index (χ0n) is 13.0. The highest BCUT2D eigenvalue weighted by molar-refractivity contribution is 9.10. The summed E-state index contributed by atoms with van der Waals surface area (Å²) in [6.45, 7) is 2.49. The van der Waals surface area contributed by atoms with Gasteiger partial charge in [-0.15, -0.1) is 0 Å². The summed E-state index contributed by atoms with van der Waals surface area (Å²) in [6.07, 6.45) is 3.31. The number of hydrazone groups is 1. The highest BCUT2D eigenvalue weighted by atomic mass is 79.9. The molecule has 0 aliphatic heterocycles. The van der Waals surface area contributed by atoms with E-state index in [1.54, 1.807) is 18.5 Å². The summed E-state index contributed by atoms with van der Waals surface area (Å²) in [6, 6.07) is 13.6. The molecule has 0 radical (unpaired) electrons. The summed E-state index contributed by atoms with van der Waals surface area (Å²) in [7, 11) is 0. The van der Waals surface area contributed by atoms with Crippen molar-refractivity contribution in [2.45, 2.75) is 6.92 Å². The maximum atomic E-state index is 12.0. The van der Waals surface area contributed by atoms with E-state index in [2.05, 4.69) is 31.4 Å². The third-order valence-electron chi connectivity index (χ3n) is 3.48. The molecule has 122 valence electrons. The predicted octanol–water partition coefficient (Wildman–Crippen LogP) is 4.09. The first-order valence-corrected chi connectivity index (χ1v) is 8.30. The fourth-order valence-electron chi connectivity index (χ4n) is 2.40. The molecule has 2 N–H and O–H groups in total. The Morgan fingerprint density at radius 3 is 2.92 bits per heavy atom. The van der Waals surface area contributed by atoms with Gasteiger partial charge in [0, 0.05) is 16.2 Å². The molecule has 24 heavy (non-hydrogen) atoms. The molecule has 3 rings (SSSR count). The molecule has 0 bridgehead atoms. The van der Waals surface area contributed by atoms with Gasteiger partial charge in [0.15, 0.2) is 0 Å². The van der Waals surface area contributed by atoms with Crippen molar-refractivity contribution in [2.75, 3.05) is 6.61 Å². The van der Waals surface area contributed by atoms with Gasteiger partial charge < -0.3 is 9.72 Å². The predicted molar refractivity (Wildman–Crippen MR) is 98.7 cm³/mol. The van der Waals surface area contributed by atoms with Gasteiger partial charge in [-0.2, -0.15) is 5.10 Å². The number of halogens is 1. The zero-order valence-corrected chi connectivity index (χ0v) is 14.6. The number of ether oxygens (including phenoxy) is 1. The van der Waals surface area contributed by atoms with Crippen molar-refractivity contribution in [3.05, 3.63) is 64.4 Å². The van der Waals surface area contributed by atoms with Gasteiger partial charge in [-0.25, -0.2) is 5.43 Å². The number of aromatic amines is 1. The van der Waals surface area contributed by atoms with E-state index in [0.717, 1.165) is 26.6 Å². The molecule has 6 heteroatoms. The quantitative estimate of drug-likeness (QED) is 0.512. The molecule has 2 aromatic carbocycles.